The Balaban J connectivity index is 1.23. The van der Waals surface area contributed by atoms with Crippen LogP contribution in [0.4, 0.5) is 11.6 Å². The first-order valence-electron chi connectivity index (χ1n) is 11.6. The van der Waals surface area contributed by atoms with E-state index < -0.39 is 0 Å². The third-order valence-electron chi connectivity index (χ3n) is 6.34. The first-order chi connectivity index (χ1) is 16.2. The molecule has 33 heavy (non-hydrogen) atoms. The molecule has 2 aliphatic heterocycles. The van der Waals surface area contributed by atoms with Crippen molar-refractivity contribution in [3.8, 4) is 11.5 Å². The number of benzene rings is 1. The lowest BCUT2D eigenvalue weighted by molar-refractivity contribution is -0.125. The second-order valence-corrected chi connectivity index (χ2v) is 8.33. The molecule has 1 N–H and O–H groups in total. The van der Waals surface area contributed by atoms with Crippen LogP contribution < -0.4 is 24.6 Å². The van der Waals surface area contributed by atoms with Crippen LogP contribution in [-0.2, 0) is 16.0 Å². The number of carbonyl (C=O) groups excluding carboxylic acids is 1. The van der Waals surface area contributed by atoms with Crippen LogP contribution >= 0.6 is 0 Å². The van der Waals surface area contributed by atoms with E-state index in [2.05, 4.69) is 25.3 Å². The van der Waals surface area contributed by atoms with Gasteiger partial charge in [0.1, 0.15) is 11.5 Å². The highest BCUT2D eigenvalue weighted by atomic mass is 16.5. The minimum absolute atomic E-state index is 0.0223. The molecule has 1 aromatic carbocycles. The number of amides is 1. The number of methoxy groups -OCH3 is 2. The van der Waals surface area contributed by atoms with Crippen LogP contribution in [0.3, 0.4) is 0 Å². The lowest BCUT2D eigenvalue weighted by Gasteiger charge is -2.32. The van der Waals surface area contributed by atoms with Gasteiger partial charge in [0, 0.05) is 38.6 Å². The molecule has 178 valence electrons. The van der Waals surface area contributed by atoms with E-state index in [9.17, 15) is 4.79 Å². The molecule has 1 amide bonds. The Morgan fingerprint density at radius 3 is 2.27 bits per heavy atom. The van der Waals surface area contributed by atoms with Gasteiger partial charge in [-0.2, -0.15) is 0 Å². The highest BCUT2D eigenvalue weighted by molar-refractivity contribution is 5.79. The fourth-order valence-corrected chi connectivity index (χ4v) is 4.36. The number of carbonyl (C=O) groups is 1. The zero-order valence-corrected chi connectivity index (χ0v) is 19.5. The van der Waals surface area contributed by atoms with E-state index in [4.69, 9.17) is 14.2 Å². The predicted octanol–water partition coefficient (Wildman–Crippen LogP) is 1.91. The van der Waals surface area contributed by atoms with Gasteiger partial charge in [-0.05, 0) is 55.2 Å². The molecule has 1 aromatic heterocycles. The van der Waals surface area contributed by atoms with Gasteiger partial charge in [0.2, 0.25) is 5.91 Å². The summed E-state index contributed by atoms with van der Waals surface area (Å²) >= 11 is 0. The molecule has 9 nitrogen and oxygen atoms in total. The number of aromatic nitrogens is 2. The second-order valence-electron chi connectivity index (χ2n) is 8.33. The molecule has 4 rings (SSSR count). The van der Waals surface area contributed by atoms with E-state index in [1.807, 2.05) is 30.3 Å². The van der Waals surface area contributed by atoms with E-state index in [-0.39, 0.29) is 11.8 Å². The van der Waals surface area contributed by atoms with Crippen molar-refractivity contribution in [1.29, 1.82) is 0 Å². The van der Waals surface area contributed by atoms with Crippen molar-refractivity contribution in [3.05, 3.63) is 35.9 Å². The quantitative estimate of drug-likeness (QED) is 0.646. The Morgan fingerprint density at radius 2 is 1.67 bits per heavy atom. The van der Waals surface area contributed by atoms with E-state index in [1.165, 1.54) is 0 Å². The molecule has 2 saturated heterocycles. The summed E-state index contributed by atoms with van der Waals surface area (Å²) in [6.07, 6.45) is 2.30. The number of rotatable bonds is 8. The van der Waals surface area contributed by atoms with Gasteiger partial charge in [0.25, 0.3) is 0 Å². The fraction of sp³-hybridized carbons (Fsp3) is 0.542. The summed E-state index contributed by atoms with van der Waals surface area (Å²) in [5.74, 6) is 3.49. The summed E-state index contributed by atoms with van der Waals surface area (Å²) in [6, 6.07) is 9.77. The number of hydrogen-bond acceptors (Lipinski definition) is 8. The molecule has 0 atom stereocenters. The van der Waals surface area contributed by atoms with Crippen molar-refractivity contribution in [2.45, 2.75) is 19.3 Å². The molecule has 3 heterocycles. The van der Waals surface area contributed by atoms with Gasteiger partial charge in [-0.15, -0.1) is 10.2 Å². The molecule has 9 heteroatoms. The highest BCUT2D eigenvalue weighted by Crippen LogP contribution is 2.25. The van der Waals surface area contributed by atoms with Crippen molar-refractivity contribution in [3.63, 3.8) is 0 Å². The number of morpholine rings is 1. The van der Waals surface area contributed by atoms with Crippen molar-refractivity contribution < 1.29 is 19.0 Å². The van der Waals surface area contributed by atoms with Crippen LogP contribution in [0.25, 0.3) is 0 Å². The number of anilines is 2. The SMILES string of the molecule is COc1ccc(OC)c(CCNC(=O)C2CCN(c3ccc(N4CCOCC4)nn3)CC2)c1. The predicted molar refractivity (Wildman–Crippen MR) is 126 cm³/mol. The number of hydrogen-bond donors (Lipinski definition) is 1. The average Bonchev–Trinajstić information content (AvgIpc) is 2.89. The summed E-state index contributed by atoms with van der Waals surface area (Å²) in [7, 11) is 3.29. The zero-order chi connectivity index (χ0) is 23.0. The topological polar surface area (TPSA) is 89.1 Å². The smallest absolute Gasteiger partial charge is 0.223 e. The van der Waals surface area contributed by atoms with Crippen LogP contribution in [-0.4, -0.2) is 76.3 Å². The zero-order valence-electron chi connectivity index (χ0n) is 19.5. The standard InChI is InChI=1S/C24H33N5O4/c1-31-20-3-4-21(32-2)19(17-20)7-10-25-24(30)18-8-11-28(12-9-18)22-5-6-23(27-26-22)29-13-15-33-16-14-29/h3-6,17-18H,7-16H2,1-2H3,(H,25,30). The van der Waals surface area contributed by atoms with Crippen LogP contribution in [0, 0.1) is 5.92 Å². The Labute approximate surface area is 195 Å². The van der Waals surface area contributed by atoms with Crippen molar-refractivity contribution in [1.82, 2.24) is 15.5 Å². The summed E-state index contributed by atoms with van der Waals surface area (Å²) in [6.45, 7) is 5.31. The van der Waals surface area contributed by atoms with Gasteiger partial charge in [-0.25, -0.2) is 0 Å². The minimum atomic E-state index is 0.0223. The molecular formula is C24H33N5O4. The maximum absolute atomic E-state index is 12.7. The molecule has 0 unspecified atom stereocenters. The van der Waals surface area contributed by atoms with Crippen LogP contribution in [0.2, 0.25) is 0 Å². The summed E-state index contributed by atoms with van der Waals surface area (Å²) in [5, 5.41) is 11.9. The number of piperidine rings is 1. The number of nitrogens with one attached hydrogen (secondary N) is 1. The van der Waals surface area contributed by atoms with Gasteiger partial charge in [0.15, 0.2) is 11.6 Å². The summed E-state index contributed by atoms with van der Waals surface area (Å²) in [4.78, 5) is 17.1. The Bertz CT molecular complexity index is 910. The highest BCUT2D eigenvalue weighted by Gasteiger charge is 2.26. The maximum atomic E-state index is 12.7. The van der Waals surface area contributed by atoms with E-state index in [0.717, 1.165) is 80.9 Å². The third kappa shape index (κ3) is 5.84. The van der Waals surface area contributed by atoms with E-state index in [1.54, 1.807) is 14.2 Å². The van der Waals surface area contributed by atoms with Gasteiger partial charge in [-0.1, -0.05) is 0 Å². The normalized spacial score (nSPS) is 17.0. The first kappa shape index (κ1) is 23.1. The Hall–Kier alpha value is -3.07. The van der Waals surface area contributed by atoms with Crippen molar-refractivity contribution >= 4 is 17.5 Å². The molecule has 0 aliphatic carbocycles. The van der Waals surface area contributed by atoms with Gasteiger partial charge >= 0.3 is 0 Å². The van der Waals surface area contributed by atoms with Crippen LogP contribution in [0.15, 0.2) is 30.3 Å². The monoisotopic (exact) mass is 455 g/mol. The Morgan fingerprint density at radius 1 is 1.00 bits per heavy atom. The first-order valence-corrected chi connectivity index (χ1v) is 11.6. The molecule has 2 fully saturated rings. The number of nitrogens with zero attached hydrogens (tertiary/aromatic N) is 4. The molecule has 0 spiro atoms. The van der Waals surface area contributed by atoms with Crippen LogP contribution in [0.1, 0.15) is 18.4 Å². The van der Waals surface area contributed by atoms with E-state index in [0.29, 0.717) is 13.0 Å². The maximum Gasteiger partial charge on any atom is 0.223 e. The molecule has 2 aliphatic rings. The lowest BCUT2D eigenvalue weighted by Crippen LogP contribution is -2.41. The largest absolute Gasteiger partial charge is 0.497 e. The van der Waals surface area contributed by atoms with Gasteiger partial charge in [-0.3, -0.25) is 4.79 Å². The summed E-state index contributed by atoms with van der Waals surface area (Å²) in [5.41, 5.74) is 1.02. The second kappa shape index (κ2) is 11.2. The molecule has 0 saturated carbocycles. The van der Waals surface area contributed by atoms with Gasteiger partial charge < -0.3 is 29.3 Å². The molecule has 0 bridgehead atoms. The van der Waals surface area contributed by atoms with Gasteiger partial charge in [0.05, 0.1) is 27.4 Å². The Kier molecular flexibility index (Phi) is 7.83. The number of ether oxygens (including phenoxy) is 3. The van der Waals surface area contributed by atoms with Crippen LogP contribution in [0.5, 0.6) is 11.5 Å². The molecule has 0 radical (unpaired) electrons. The average molecular weight is 456 g/mol. The van der Waals surface area contributed by atoms with E-state index >= 15 is 0 Å². The molecular weight excluding hydrogens is 422 g/mol. The summed E-state index contributed by atoms with van der Waals surface area (Å²) < 4.78 is 16.1. The lowest BCUT2D eigenvalue weighted by atomic mass is 9.96. The van der Waals surface area contributed by atoms with Crippen molar-refractivity contribution in [2.75, 3.05) is 70.0 Å². The third-order valence-corrected chi connectivity index (χ3v) is 6.34. The van der Waals surface area contributed by atoms with Crippen molar-refractivity contribution in [2.24, 2.45) is 5.92 Å². The molecule has 2 aromatic rings. The minimum Gasteiger partial charge on any atom is -0.497 e. The fourth-order valence-electron chi connectivity index (χ4n) is 4.36.